The van der Waals surface area contributed by atoms with Gasteiger partial charge in [0.25, 0.3) is 0 Å². The molecular weight excluding hydrogens is 165 g/mol. The second kappa shape index (κ2) is 5.78. The van der Waals surface area contributed by atoms with Gasteiger partial charge < -0.3 is 0 Å². The molecule has 0 heterocycles. The molecule has 0 bridgehead atoms. The lowest BCUT2D eigenvalue weighted by Gasteiger charge is -2.20. The Morgan fingerprint density at radius 2 is 2.00 bits per heavy atom. The first-order chi connectivity index (χ1) is 5.07. The van der Waals surface area contributed by atoms with E-state index in [1.165, 1.54) is 0 Å². The summed E-state index contributed by atoms with van der Waals surface area (Å²) in [4.78, 5) is 1.61. The van der Waals surface area contributed by atoms with E-state index in [0.29, 0.717) is 12.5 Å². The zero-order valence-corrected chi connectivity index (χ0v) is 8.24. The molecule has 0 saturated carbocycles. The van der Waals surface area contributed by atoms with Crippen LogP contribution in [0.15, 0.2) is 0 Å². The molecule has 0 rings (SSSR count). The van der Waals surface area contributed by atoms with Crippen LogP contribution in [-0.2, 0) is 0 Å². The lowest BCUT2D eigenvalue weighted by molar-refractivity contribution is 0.149. The van der Waals surface area contributed by atoms with E-state index in [0.717, 1.165) is 13.0 Å². The third-order valence-corrected chi connectivity index (χ3v) is 1.95. The number of hydrogen-bond donors (Lipinski definition) is 0. The van der Waals surface area contributed by atoms with Gasteiger partial charge in [0.05, 0.1) is 0 Å². The van der Waals surface area contributed by atoms with Crippen LogP contribution in [0.5, 0.6) is 0 Å². The molecule has 0 spiro atoms. The summed E-state index contributed by atoms with van der Waals surface area (Å²) < 4.78 is 12.5. The van der Waals surface area contributed by atoms with Gasteiger partial charge in [0, 0.05) is 6.54 Å². The molecule has 3 heteroatoms. The van der Waals surface area contributed by atoms with Gasteiger partial charge in [-0.25, -0.2) is 4.39 Å². The van der Waals surface area contributed by atoms with Crippen LogP contribution in [0.4, 0.5) is 4.39 Å². The smallest absolute Gasteiger partial charge is 0.228 e. The SMILES string of the molecule is CCN(CCC(C)C)C(F)Cl. The highest BCUT2D eigenvalue weighted by Gasteiger charge is 2.11. The Bertz CT molecular complexity index is 96.1. The van der Waals surface area contributed by atoms with Crippen LogP contribution in [0.3, 0.4) is 0 Å². The second-order valence-electron chi connectivity index (χ2n) is 3.09. The summed E-state index contributed by atoms with van der Waals surface area (Å²) in [5.41, 5.74) is 0. The van der Waals surface area contributed by atoms with Gasteiger partial charge in [-0.1, -0.05) is 32.4 Å². The first kappa shape index (κ1) is 11.2. The molecule has 1 atom stereocenters. The number of alkyl halides is 2. The molecule has 0 aliphatic heterocycles. The van der Waals surface area contributed by atoms with E-state index < -0.39 is 5.75 Å². The molecule has 0 fully saturated rings. The summed E-state index contributed by atoms with van der Waals surface area (Å²) in [5.74, 6) is -0.710. The summed E-state index contributed by atoms with van der Waals surface area (Å²) in [7, 11) is 0. The lowest BCUT2D eigenvalue weighted by Crippen LogP contribution is -2.29. The predicted octanol–water partition coefficient (Wildman–Crippen LogP) is 2.85. The van der Waals surface area contributed by atoms with Crippen LogP contribution < -0.4 is 0 Å². The average molecular weight is 182 g/mol. The van der Waals surface area contributed by atoms with Crippen molar-refractivity contribution in [2.24, 2.45) is 5.92 Å². The molecule has 1 unspecified atom stereocenters. The predicted molar refractivity (Wildman–Crippen MR) is 47.5 cm³/mol. The van der Waals surface area contributed by atoms with Crippen LogP contribution >= 0.6 is 11.6 Å². The number of halogens is 2. The van der Waals surface area contributed by atoms with E-state index in [1.54, 1.807) is 4.90 Å². The summed E-state index contributed by atoms with van der Waals surface area (Å²) in [5, 5.41) is 0. The molecule has 0 aliphatic rings. The maximum Gasteiger partial charge on any atom is 0.228 e. The van der Waals surface area contributed by atoms with E-state index in [2.05, 4.69) is 13.8 Å². The molecule has 0 aliphatic carbocycles. The fraction of sp³-hybridized carbons (Fsp3) is 1.00. The van der Waals surface area contributed by atoms with E-state index >= 15 is 0 Å². The zero-order valence-electron chi connectivity index (χ0n) is 7.48. The topological polar surface area (TPSA) is 3.24 Å². The normalized spacial score (nSPS) is 14.5. The van der Waals surface area contributed by atoms with Gasteiger partial charge in [-0.2, -0.15) is 0 Å². The number of hydrogen-bond acceptors (Lipinski definition) is 1. The minimum absolute atomic E-state index is 0.611. The minimum atomic E-state index is -1.32. The van der Waals surface area contributed by atoms with E-state index in [4.69, 9.17) is 11.6 Å². The maximum atomic E-state index is 12.5. The molecule has 0 N–H and O–H groups in total. The Labute approximate surface area is 73.5 Å². The molecule has 68 valence electrons. The van der Waals surface area contributed by atoms with Crippen molar-refractivity contribution in [2.45, 2.75) is 32.9 Å². The lowest BCUT2D eigenvalue weighted by atomic mass is 10.1. The van der Waals surface area contributed by atoms with Crippen LogP contribution in [0.1, 0.15) is 27.2 Å². The number of rotatable bonds is 5. The highest BCUT2D eigenvalue weighted by atomic mass is 35.5. The molecule has 1 nitrogen and oxygen atoms in total. The molecule has 0 saturated heterocycles. The van der Waals surface area contributed by atoms with Crippen molar-refractivity contribution >= 4 is 11.6 Å². The summed E-state index contributed by atoms with van der Waals surface area (Å²) in [6.07, 6.45) is 1.00. The summed E-state index contributed by atoms with van der Waals surface area (Å²) in [6, 6.07) is 0. The van der Waals surface area contributed by atoms with Gasteiger partial charge >= 0.3 is 0 Å². The van der Waals surface area contributed by atoms with Crippen molar-refractivity contribution in [1.29, 1.82) is 0 Å². The van der Waals surface area contributed by atoms with E-state index in [9.17, 15) is 4.39 Å². The molecule has 0 radical (unpaired) electrons. The maximum absolute atomic E-state index is 12.5. The monoisotopic (exact) mass is 181 g/mol. The average Bonchev–Trinajstić information content (AvgIpc) is 1.87. The quantitative estimate of drug-likeness (QED) is 0.466. The van der Waals surface area contributed by atoms with Crippen LogP contribution in [0, 0.1) is 5.92 Å². The van der Waals surface area contributed by atoms with Gasteiger partial charge in [0.15, 0.2) is 0 Å². The summed E-state index contributed by atoms with van der Waals surface area (Å²) >= 11 is 5.29. The van der Waals surface area contributed by atoms with Crippen molar-refractivity contribution in [2.75, 3.05) is 13.1 Å². The fourth-order valence-corrected chi connectivity index (χ4v) is 1.05. The van der Waals surface area contributed by atoms with Crippen molar-refractivity contribution in [3.63, 3.8) is 0 Å². The van der Waals surface area contributed by atoms with Crippen LogP contribution in [0.25, 0.3) is 0 Å². The minimum Gasteiger partial charge on any atom is -0.261 e. The molecule has 0 amide bonds. The Morgan fingerprint density at radius 3 is 2.27 bits per heavy atom. The van der Waals surface area contributed by atoms with Crippen molar-refractivity contribution in [3.05, 3.63) is 0 Å². The van der Waals surface area contributed by atoms with Gasteiger partial charge in [0.1, 0.15) is 0 Å². The van der Waals surface area contributed by atoms with Crippen LogP contribution in [-0.4, -0.2) is 23.7 Å². The van der Waals surface area contributed by atoms with Gasteiger partial charge in [0.2, 0.25) is 5.75 Å². The van der Waals surface area contributed by atoms with Crippen LogP contribution in [0.2, 0.25) is 0 Å². The highest BCUT2D eigenvalue weighted by Crippen LogP contribution is 2.09. The first-order valence-electron chi connectivity index (χ1n) is 4.10. The van der Waals surface area contributed by atoms with Gasteiger partial charge in [-0.05, 0) is 18.9 Å². The Balaban J connectivity index is 3.52. The van der Waals surface area contributed by atoms with Crippen molar-refractivity contribution < 1.29 is 4.39 Å². The third kappa shape index (κ3) is 5.45. The highest BCUT2D eigenvalue weighted by molar-refractivity contribution is 6.19. The fourth-order valence-electron chi connectivity index (χ4n) is 0.818. The number of nitrogens with zero attached hydrogens (tertiary/aromatic N) is 1. The zero-order chi connectivity index (χ0) is 8.85. The Hall–Kier alpha value is 0.180. The third-order valence-electron chi connectivity index (χ3n) is 1.68. The van der Waals surface area contributed by atoms with E-state index in [1.807, 2.05) is 6.92 Å². The Morgan fingerprint density at radius 1 is 1.45 bits per heavy atom. The molecule has 0 aromatic carbocycles. The van der Waals surface area contributed by atoms with Gasteiger partial charge in [-0.15, -0.1) is 0 Å². The van der Waals surface area contributed by atoms with E-state index in [-0.39, 0.29) is 0 Å². The molecule has 0 aromatic rings. The summed E-state index contributed by atoms with van der Waals surface area (Å²) in [6.45, 7) is 7.58. The second-order valence-corrected chi connectivity index (χ2v) is 3.45. The van der Waals surface area contributed by atoms with Crippen molar-refractivity contribution in [1.82, 2.24) is 4.90 Å². The molecule has 0 aromatic heterocycles. The standard InChI is InChI=1S/C8H17ClFN/c1-4-11(8(9)10)6-5-7(2)3/h7-8H,4-6H2,1-3H3. The first-order valence-corrected chi connectivity index (χ1v) is 4.53. The molecule has 11 heavy (non-hydrogen) atoms. The van der Waals surface area contributed by atoms with Gasteiger partial charge in [-0.3, -0.25) is 4.90 Å². The molecular formula is C8H17ClFN. The largest absolute Gasteiger partial charge is 0.261 e. The Kier molecular flexibility index (Phi) is 5.88. The van der Waals surface area contributed by atoms with Crippen molar-refractivity contribution in [3.8, 4) is 0 Å².